The predicted molar refractivity (Wildman–Crippen MR) is 78.5 cm³/mol. The number of rotatable bonds is 3. The lowest BCUT2D eigenvalue weighted by molar-refractivity contribution is 0.742. The molecule has 0 unspecified atom stereocenters. The Balaban J connectivity index is 2.10. The molecule has 1 aliphatic rings. The molecule has 0 bridgehead atoms. The van der Waals surface area contributed by atoms with Crippen LogP contribution in [0.4, 0.5) is 5.82 Å². The quantitative estimate of drug-likeness (QED) is 0.861. The van der Waals surface area contributed by atoms with E-state index >= 15 is 0 Å². The van der Waals surface area contributed by atoms with Gasteiger partial charge in [0.1, 0.15) is 11.5 Å². The van der Waals surface area contributed by atoms with Crippen molar-refractivity contribution in [3.8, 4) is 11.5 Å². The van der Waals surface area contributed by atoms with Crippen molar-refractivity contribution in [1.29, 1.82) is 0 Å². The molecule has 2 heterocycles. The maximum Gasteiger partial charge on any atom is 0.180 e. The van der Waals surface area contributed by atoms with Gasteiger partial charge in [0.05, 0.1) is 21.8 Å². The van der Waals surface area contributed by atoms with E-state index in [4.69, 9.17) is 0 Å². The average molecular weight is 355 g/mol. The highest BCUT2D eigenvalue weighted by atomic mass is 127. The minimum atomic E-state index is 0.587. The summed E-state index contributed by atoms with van der Waals surface area (Å²) in [6.45, 7) is 2.01. The summed E-state index contributed by atoms with van der Waals surface area (Å²) in [5.74, 6) is 1.63. The number of nitrogens with one attached hydrogen (secondary N) is 1. The molecule has 6 heteroatoms. The van der Waals surface area contributed by atoms with Crippen molar-refractivity contribution in [2.45, 2.75) is 25.8 Å². The molecular weight excluding hydrogens is 341 g/mol. The third-order valence-electron chi connectivity index (χ3n) is 3.09. The smallest absolute Gasteiger partial charge is 0.180 e. The zero-order chi connectivity index (χ0) is 12.7. The van der Waals surface area contributed by atoms with Crippen LogP contribution in [0.15, 0.2) is 12.5 Å². The van der Waals surface area contributed by atoms with Crippen LogP contribution in [0.3, 0.4) is 0 Å². The normalized spacial score (nSPS) is 14.8. The van der Waals surface area contributed by atoms with Crippen LogP contribution in [-0.2, 0) is 0 Å². The Labute approximate surface area is 119 Å². The third-order valence-corrected chi connectivity index (χ3v) is 4.38. The van der Waals surface area contributed by atoms with Gasteiger partial charge in [-0.25, -0.2) is 15.0 Å². The van der Waals surface area contributed by atoms with Crippen LogP contribution in [-0.4, -0.2) is 26.6 Å². The Morgan fingerprint density at radius 3 is 2.83 bits per heavy atom. The molecule has 0 spiro atoms. The Kier molecular flexibility index (Phi) is 2.96. The second kappa shape index (κ2) is 4.49. The first kappa shape index (κ1) is 11.9. The van der Waals surface area contributed by atoms with Crippen molar-refractivity contribution in [3.63, 3.8) is 0 Å². The van der Waals surface area contributed by atoms with Gasteiger partial charge in [-0.05, 0) is 42.4 Å². The molecule has 94 valence electrons. The minimum Gasteiger partial charge on any atom is -0.372 e. The molecule has 0 radical (unpaired) electrons. The number of halogens is 1. The van der Waals surface area contributed by atoms with Crippen molar-refractivity contribution in [1.82, 2.24) is 19.5 Å². The molecule has 0 amide bonds. The second-order valence-corrected chi connectivity index (χ2v) is 5.54. The molecule has 0 aromatic carbocycles. The summed E-state index contributed by atoms with van der Waals surface area (Å²) in [5.41, 5.74) is 2.00. The van der Waals surface area contributed by atoms with E-state index < -0.39 is 0 Å². The van der Waals surface area contributed by atoms with Gasteiger partial charge in [-0.15, -0.1) is 0 Å². The highest BCUT2D eigenvalue weighted by Crippen LogP contribution is 2.37. The fourth-order valence-electron chi connectivity index (χ4n) is 1.96. The van der Waals surface area contributed by atoms with Gasteiger partial charge < -0.3 is 9.88 Å². The summed E-state index contributed by atoms with van der Waals surface area (Å²) in [6, 6.07) is 0.587. The summed E-state index contributed by atoms with van der Waals surface area (Å²) in [5, 5.41) is 3.11. The number of imidazole rings is 1. The van der Waals surface area contributed by atoms with Crippen molar-refractivity contribution >= 4 is 28.4 Å². The van der Waals surface area contributed by atoms with Gasteiger partial charge >= 0.3 is 0 Å². The molecule has 2 aromatic heterocycles. The Morgan fingerprint density at radius 1 is 1.39 bits per heavy atom. The van der Waals surface area contributed by atoms with E-state index in [0.717, 1.165) is 26.6 Å². The van der Waals surface area contributed by atoms with Gasteiger partial charge in [0.25, 0.3) is 0 Å². The molecule has 1 N–H and O–H groups in total. The summed E-state index contributed by atoms with van der Waals surface area (Å²) in [6.07, 6.45) is 6.18. The zero-order valence-electron chi connectivity index (χ0n) is 10.3. The van der Waals surface area contributed by atoms with Crippen LogP contribution in [0.5, 0.6) is 0 Å². The van der Waals surface area contributed by atoms with Gasteiger partial charge in [0.2, 0.25) is 0 Å². The van der Waals surface area contributed by atoms with Gasteiger partial charge in [-0.1, -0.05) is 0 Å². The van der Waals surface area contributed by atoms with E-state index in [1.54, 1.807) is 0 Å². The van der Waals surface area contributed by atoms with Gasteiger partial charge in [-0.3, -0.25) is 0 Å². The largest absolute Gasteiger partial charge is 0.372 e. The first-order chi connectivity index (χ1) is 8.70. The van der Waals surface area contributed by atoms with Gasteiger partial charge in [0.15, 0.2) is 5.82 Å². The molecule has 3 rings (SSSR count). The molecule has 18 heavy (non-hydrogen) atoms. The Bertz CT molecular complexity index is 588. The molecule has 0 aliphatic heterocycles. The number of nitrogens with zero attached hydrogens (tertiary/aromatic N) is 4. The summed E-state index contributed by atoms with van der Waals surface area (Å²) in [4.78, 5) is 13.4. The maximum absolute atomic E-state index is 4.58. The fraction of sp³-hybridized carbons (Fsp3) is 0.417. The van der Waals surface area contributed by atoms with E-state index in [1.165, 1.54) is 12.8 Å². The zero-order valence-corrected chi connectivity index (χ0v) is 12.5. The van der Waals surface area contributed by atoms with Crippen LogP contribution in [0.1, 0.15) is 24.6 Å². The third kappa shape index (κ3) is 1.98. The number of hydrogen-bond acceptors (Lipinski definition) is 4. The molecule has 0 saturated heterocycles. The molecule has 1 saturated carbocycles. The first-order valence-electron chi connectivity index (χ1n) is 5.94. The van der Waals surface area contributed by atoms with Gasteiger partial charge in [0, 0.05) is 13.1 Å². The lowest BCUT2D eigenvalue weighted by Crippen LogP contribution is -2.05. The van der Waals surface area contributed by atoms with Crippen LogP contribution >= 0.6 is 22.6 Å². The van der Waals surface area contributed by atoms with Gasteiger partial charge in [-0.2, -0.15) is 0 Å². The summed E-state index contributed by atoms with van der Waals surface area (Å²) < 4.78 is 3.25. The lowest BCUT2D eigenvalue weighted by Gasteiger charge is -2.10. The standard InChI is InChI=1S/C12H14IN5/c1-7-10(13)12(14-2)17-11(16-7)9-5-15-6-18(9)8-3-4-8/h5-6,8H,3-4H2,1-2H3,(H,14,16,17). The SMILES string of the molecule is CNc1nc(-c2cncn2C2CC2)nc(C)c1I. The summed E-state index contributed by atoms with van der Waals surface area (Å²) in [7, 11) is 1.88. The van der Waals surface area contributed by atoms with Crippen LogP contribution < -0.4 is 5.32 Å². The molecule has 0 atom stereocenters. The molecular formula is C12H14IN5. The van der Waals surface area contributed by atoms with E-state index in [9.17, 15) is 0 Å². The van der Waals surface area contributed by atoms with Crippen LogP contribution in [0, 0.1) is 10.5 Å². The molecule has 2 aromatic rings. The predicted octanol–water partition coefficient (Wildman–Crippen LogP) is 2.63. The van der Waals surface area contributed by atoms with Crippen molar-refractivity contribution in [3.05, 3.63) is 21.8 Å². The molecule has 1 fully saturated rings. The average Bonchev–Trinajstić information content (AvgIpc) is 3.10. The van der Waals surface area contributed by atoms with Crippen molar-refractivity contribution < 1.29 is 0 Å². The monoisotopic (exact) mass is 355 g/mol. The highest BCUT2D eigenvalue weighted by Gasteiger charge is 2.26. The van der Waals surface area contributed by atoms with E-state index in [2.05, 4.69) is 47.4 Å². The van der Waals surface area contributed by atoms with Crippen molar-refractivity contribution in [2.24, 2.45) is 0 Å². The lowest BCUT2D eigenvalue weighted by atomic mass is 10.3. The Morgan fingerprint density at radius 2 is 2.17 bits per heavy atom. The molecule has 5 nitrogen and oxygen atoms in total. The van der Waals surface area contributed by atoms with E-state index in [1.807, 2.05) is 26.5 Å². The topological polar surface area (TPSA) is 55.6 Å². The fourth-order valence-corrected chi connectivity index (χ4v) is 2.47. The van der Waals surface area contributed by atoms with Crippen LogP contribution in [0.25, 0.3) is 11.5 Å². The number of hydrogen-bond donors (Lipinski definition) is 1. The Hall–Kier alpha value is -1.18. The first-order valence-corrected chi connectivity index (χ1v) is 7.02. The second-order valence-electron chi connectivity index (χ2n) is 4.46. The number of aromatic nitrogens is 4. The number of aryl methyl sites for hydroxylation is 1. The van der Waals surface area contributed by atoms with E-state index in [-0.39, 0.29) is 0 Å². The maximum atomic E-state index is 4.58. The summed E-state index contributed by atoms with van der Waals surface area (Å²) >= 11 is 2.26. The molecule has 1 aliphatic carbocycles. The number of anilines is 1. The van der Waals surface area contributed by atoms with Crippen LogP contribution in [0.2, 0.25) is 0 Å². The minimum absolute atomic E-state index is 0.587. The van der Waals surface area contributed by atoms with E-state index in [0.29, 0.717) is 6.04 Å². The van der Waals surface area contributed by atoms with Crippen molar-refractivity contribution in [2.75, 3.05) is 12.4 Å². The highest BCUT2D eigenvalue weighted by molar-refractivity contribution is 14.1.